The Morgan fingerprint density at radius 2 is 1.88 bits per heavy atom. The number of aromatic nitrogens is 2. The molecule has 0 radical (unpaired) electrons. The Labute approximate surface area is 160 Å². The van der Waals surface area contributed by atoms with Gasteiger partial charge in [-0.1, -0.05) is 11.6 Å². The van der Waals surface area contributed by atoms with Crippen LogP contribution in [0.25, 0.3) is 5.69 Å². The van der Waals surface area contributed by atoms with Crippen molar-refractivity contribution >= 4 is 35.1 Å². The summed E-state index contributed by atoms with van der Waals surface area (Å²) >= 11 is 7.78. The van der Waals surface area contributed by atoms with Crippen LogP contribution < -0.4 is 10.1 Å². The molecule has 0 unspecified atom stereocenters. The number of rotatable bonds is 4. The lowest BCUT2D eigenvalue weighted by Crippen LogP contribution is -2.16. The monoisotopic (exact) mass is 385 g/mol. The summed E-state index contributed by atoms with van der Waals surface area (Å²) in [6.07, 6.45) is 0. The first-order chi connectivity index (χ1) is 12.7. The van der Waals surface area contributed by atoms with E-state index in [2.05, 4.69) is 10.4 Å². The van der Waals surface area contributed by atoms with Crippen LogP contribution in [0.1, 0.15) is 21.6 Å². The summed E-state index contributed by atoms with van der Waals surface area (Å²) in [5.41, 5.74) is 3.51. The first-order valence-electron chi connectivity index (χ1n) is 8.05. The molecule has 0 atom stereocenters. The van der Waals surface area contributed by atoms with Crippen LogP contribution in [0.2, 0.25) is 5.02 Å². The van der Waals surface area contributed by atoms with Crippen molar-refractivity contribution in [2.45, 2.75) is 11.5 Å². The fourth-order valence-corrected chi connectivity index (χ4v) is 3.99. The predicted molar refractivity (Wildman–Crippen MR) is 105 cm³/mol. The minimum absolute atomic E-state index is 0.178. The summed E-state index contributed by atoms with van der Waals surface area (Å²) in [7, 11) is 1.60. The highest BCUT2D eigenvalue weighted by atomic mass is 35.5. The third kappa shape index (κ3) is 3.18. The average Bonchev–Trinajstić information content (AvgIpc) is 3.25. The van der Waals surface area contributed by atoms with Gasteiger partial charge in [-0.25, -0.2) is 4.68 Å². The van der Waals surface area contributed by atoms with Crippen molar-refractivity contribution in [1.82, 2.24) is 9.78 Å². The standard InChI is InChI=1S/C19H16ClN3O2S/c1-25-15-8-2-12(3-9-15)19(24)21-18-16-10-26-11-17(16)22-23(18)14-6-4-13(20)5-7-14/h2-9H,10-11H2,1H3,(H,21,24). The van der Waals surface area contributed by atoms with Gasteiger partial charge in [0, 0.05) is 27.7 Å². The molecule has 7 heteroatoms. The minimum atomic E-state index is -0.178. The van der Waals surface area contributed by atoms with E-state index in [1.165, 1.54) is 0 Å². The summed E-state index contributed by atoms with van der Waals surface area (Å²) in [5, 5.41) is 8.37. The number of fused-ring (bicyclic) bond motifs is 1. The molecule has 2 heterocycles. The third-order valence-electron chi connectivity index (χ3n) is 4.21. The van der Waals surface area contributed by atoms with Crippen molar-refractivity contribution in [3.8, 4) is 11.4 Å². The molecule has 0 saturated heterocycles. The first-order valence-corrected chi connectivity index (χ1v) is 9.59. The van der Waals surface area contributed by atoms with Gasteiger partial charge in [-0.3, -0.25) is 4.79 Å². The molecule has 1 N–H and O–H groups in total. The lowest BCUT2D eigenvalue weighted by Gasteiger charge is -2.11. The largest absolute Gasteiger partial charge is 0.497 e. The van der Waals surface area contributed by atoms with Crippen LogP contribution in [-0.4, -0.2) is 22.8 Å². The van der Waals surface area contributed by atoms with Gasteiger partial charge in [-0.2, -0.15) is 16.9 Å². The zero-order valence-electron chi connectivity index (χ0n) is 14.0. The number of hydrogen-bond donors (Lipinski definition) is 1. The Morgan fingerprint density at radius 1 is 1.15 bits per heavy atom. The summed E-state index contributed by atoms with van der Waals surface area (Å²) in [6.45, 7) is 0. The Hall–Kier alpha value is -2.44. The summed E-state index contributed by atoms with van der Waals surface area (Å²) in [6, 6.07) is 14.4. The van der Waals surface area contributed by atoms with Crippen molar-refractivity contribution in [3.05, 3.63) is 70.4 Å². The molecule has 1 aliphatic rings. The Morgan fingerprint density at radius 3 is 2.58 bits per heavy atom. The Balaban J connectivity index is 1.68. The van der Waals surface area contributed by atoms with Gasteiger partial charge in [0.15, 0.2) is 0 Å². The number of benzene rings is 2. The highest BCUT2D eigenvalue weighted by Crippen LogP contribution is 2.36. The van der Waals surface area contributed by atoms with Crippen molar-refractivity contribution in [2.24, 2.45) is 0 Å². The summed E-state index contributed by atoms with van der Waals surface area (Å²) in [5.74, 6) is 2.93. The molecular formula is C19H16ClN3O2S. The van der Waals surface area contributed by atoms with Gasteiger partial charge in [0.25, 0.3) is 5.91 Å². The number of ether oxygens (including phenoxy) is 1. The average molecular weight is 386 g/mol. The van der Waals surface area contributed by atoms with Crippen LogP contribution >= 0.6 is 23.4 Å². The van der Waals surface area contributed by atoms with Crippen LogP contribution in [0, 0.1) is 0 Å². The van der Waals surface area contributed by atoms with Gasteiger partial charge in [0.2, 0.25) is 0 Å². The summed E-state index contributed by atoms with van der Waals surface area (Å²) < 4.78 is 6.92. The maximum atomic E-state index is 12.7. The lowest BCUT2D eigenvalue weighted by atomic mass is 10.2. The van der Waals surface area contributed by atoms with Crippen molar-refractivity contribution < 1.29 is 9.53 Å². The number of thioether (sulfide) groups is 1. The third-order valence-corrected chi connectivity index (χ3v) is 5.43. The van der Waals surface area contributed by atoms with E-state index >= 15 is 0 Å². The molecule has 132 valence electrons. The highest BCUT2D eigenvalue weighted by Gasteiger charge is 2.25. The maximum absolute atomic E-state index is 12.7. The maximum Gasteiger partial charge on any atom is 0.256 e. The van der Waals surface area contributed by atoms with Crippen molar-refractivity contribution in [3.63, 3.8) is 0 Å². The molecule has 0 fully saturated rings. The molecule has 2 aromatic carbocycles. The van der Waals surface area contributed by atoms with E-state index in [-0.39, 0.29) is 5.91 Å². The van der Waals surface area contributed by atoms with E-state index < -0.39 is 0 Å². The van der Waals surface area contributed by atoms with E-state index in [0.717, 1.165) is 28.5 Å². The quantitative estimate of drug-likeness (QED) is 0.716. The molecule has 1 aliphatic heterocycles. The van der Waals surface area contributed by atoms with Crippen LogP contribution in [0.4, 0.5) is 5.82 Å². The molecule has 0 bridgehead atoms. The van der Waals surface area contributed by atoms with Gasteiger partial charge in [-0.05, 0) is 48.5 Å². The molecule has 1 amide bonds. The molecular weight excluding hydrogens is 370 g/mol. The van der Waals surface area contributed by atoms with E-state index in [1.807, 2.05) is 24.3 Å². The molecule has 0 aliphatic carbocycles. The van der Waals surface area contributed by atoms with Gasteiger partial charge in [-0.15, -0.1) is 0 Å². The lowest BCUT2D eigenvalue weighted by molar-refractivity contribution is 0.102. The SMILES string of the molecule is COc1ccc(C(=O)Nc2c3c(nn2-c2ccc(Cl)cc2)CSC3)cc1. The summed E-state index contributed by atoms with van der Waals surface area (Å²) in [4.78, 5) is 12.7. The number of carbonyl (C=O) groups excluding carboxylic acids is 1. The number of methoxy groups -OCH3 is 1. The van der Waals surface area contributed by atoms with Gasteiger partial charge in [0.05, 0.1) is 18.5 Å². The number of amides is 1. The smallest absolute Gasteiger partial charge is 0.256 e. The number of anilines is 1. The van der Waals surface area contributed by atoms with Gasteiger partial charge < -0.3 is 10.1 Å². The zero-order valence-corrected chi connectivity index (χ0v) is 15.6. The van der Waals surface area contributed by atoms with E-state index in [1.54, 1.807) is 47.8 Å². The first kappa shape index (κ1) is 17.0. The molecule has 4 rings (SSSR count). The van der Waals surface area contributed by atoms with E-state index in [4.69, 9.17) is 16.3 Å². The minimum Gasteiger partial charge on any atom is -0.497 e. The number of nitrogens with zero attached hydrogens (tertiary/aromatic N) is 2. The van der Waals surface area contributed by atoms with Gasteiger partial charge in [0.1, 0.15) is 11.6 Å². The Kier molecular flexibility index (Phi) is 4.61. The number of hydrogen-bond acceptors (Lipinski definition) is 4. The second kappa shape index (κ2) is 7.05. The predicted octanol–water partition coefficient (Wildman–Crippen LogP) is 4.53. The second-order valence-corrected chi connectivity index (χ2v) is 7.26. The van der Waals surface area contributed by atoms with Crippen LogP contribution in [0.15, 0.2) is 48.5 Å². The number of halogens is 1. The fraction of sp³-hybridized carbons (Fsp3) is 0.158. The van der Waals surface area contributed by atoms with Gasteiger partial charge >= 0.3 is 0 Å². The van der Waals surface area contributed by atoms with Crippen LogP contribution in [0.3, 0.4) is 0 Å². The van der Waals surface area contributed by atoms with Crippen molar-refractivity contribution in [2.75, 3.05) is 12.4 Å². The number of carbonyl (C=O) groups is 1. The topological polar surface area (TPSA) is 56.1 Å². The second-order valence-electron chi connectivity index (χ2n) is 5.84. The van der Waals surface area contributed by atoms with E-state index in [0.29, 0.717) is 22.2 Å². The normalized spacial score (nSPS) is 12.7. The van der Waals surface area contributed by atoms with Crippen LogP contribution in [-0.2, 0) is 11.5 Å². The molecule has 0 spiro atoms. The van der Waals surface area contributed by atoms with Crippen LogP contribution in [0.5, 0.6) is 5.75 Å². The molecule has 3 aromatic rings. The molecule has 26 heavy (non-hydrogen) atoms. The highest BCUT2D eigenvalue weighted by molar-refractivity contribution is 7.98. The Bertz CT molecular complexity index is 952. The zero-order chi connectivity index (χ0) is 18.1. The fourth-order valence-electron chi connectivity index (χ4n) is 2.83. The van der Waals surface area contributed by atoms with Crippen molar-refractivity contribution in [1.29, 1.82) is 0 Å². The van der Waals surface area contributed by atoms with E-state index in [9.17, 15) is 4.79 Å². The molecule has 5 nitrogen and oxygen atoms in total. The number of nitrogens with one attached hydrogen (secondary N) is 1. The molecule has 0 saturated carbocycles. The molecule has 1 aromatic heterocycles.